The molecule has 1 aromatic carbocycles. The highest BCUT2D eigenvalue weighted by Crippen LogP contribution is 2.35. The Morgan fingerprint density at radius 1 is 1.15 bits per heavy atom. The number of amides is 1. The molecule has 1 rings (SSSR count). The van der Waals surface area contributed by atoms with Crippen molar-refractivity contribution in [3.8, 4) is 0 Å². The van der Waals surface area contributed by atoms with E-state index in [4.69, 9.17) is 4.74 Å². The van der Waals surface area contributed by atoms with Crippen molar-refractivity contribution in [3.05, 3.63) is 29.8 Å². The first-order chi connectivity index (χ1) is 12.1. The molecule has 1 amide bonds. The molecule has 0 saturated heterocycles. The van der Waals surface area contributed by atoms with Crippen LogP contribution in [0, 0.1) is 0 Å². The molecule has 0 aliphatic rings. The van der Waals surface area contributed by atoms with Gasteiger partial charge in [0.05, 0.1) is 21.8 Å². The molecule has 0 aromatic heterocycles. The fourth-order valence-corrected chi connectivity index (χ4v) is 4.17. The van der Waals surface area contributed by atoms with Crippen LogP contribution in [0.4, 0.5) is 18.0 Å². The molecule has 0 radical (unpaired) electrons. The Labute approximate surface area is 158 Å². The van der Waals surface area contributed by atoms with E-state index in [0.29, 0.717) is 6.07 Å². The van der Waals surface area contributed by atoms with Gasteiger partial charge in [0.15, 0.2) is 9.84 Å². The Balaban J connectivity index is 2.99. The summed E-state index contributed by atoms with van der Waals surface area (Å²) >= 11 is 0. The van der Waals surface area contributed by atoms with Crippen LogP contribution in [0.5, 0.6) is 0 Å². The number of ether oxygens (including phenoxy) is 1. The Kier molecular flexibility index (Phi) is 6.96. The van der Waals surface area contributed by atoms with Crippen LogP contribution in [0.15, 0.2) is 29.2 Å². The maximum absolute atomic E-state index is 12.9. The van der Waals surface area contributed by atoms with E-state index in [1.807, 2.05) is 0 Å². The van der Waals surface area contributed by atoms with E-state index in [1.54, 1.807) is 27.7 Å². The van der Waals surface area contributed by atoms with Gasteiger partial charge in [0, 0.05) is 12.0 Å². The van der Waals surface area contributed by atoms with Crippen LogP contribution in [0.2, 0.25) is 0 Å². The lowest BCUT2D eigenvalue weighted by Crippen LogP contribution is -2.42. The van der Waals surface area contributed by atoms with E-state index in [1.165, 1.54) is 6.92 Å². The lowest BCUT2D eigenvalue weighted by Gasteiger charge is -2.28. The Bertz CT molecular complexity index is 770. The van der Waals surface area contributed by atoms with Gasteiger partial charge in [-0.05, 0) is 52.3 Å². The molecular formula is C18H26F3NO4S. The number of rotatable bonds is 6. The molecule has 0 spiro atoms. The number of carbonyl (C=O) groups is 1. The van der Waals surface area contributed by atoms with Gasteiger partial charge in [0.25, 0.3) is 0 Å². The normalized spacial score (nSPS) is 15.1. The Morgan fingerprint density at radius 2 is 1.74 bits per heavy atom. The lowest BCUT2D eigenvalue weighted by atomic mass is 10.0. The van der Waals surface area contributed by atoms with Crippen LogP contribution in [0.25, 0.3) is 0 Å². The third-order valence-electron chi connectivity index (χ3n) is 4.21. The second-order valence-corrected chi connectivity index (χ2v) is 10.1. The first-order valence-corrected chi connectivity index (χ1v) is 9.97. The van der Waals surface area contributed by atoms with Crippen molar-refractivity contribution in [2.45, 2.75) is 68.8 Å². The topological polar surface area (TPSA) is 72.5 Å². The van der Waals surface area contributed by atoms with Crippen LogP contribution in [0.1, 0.15) is 53.0 Å². The SMILES string of the molecule is CCC(C)(CCOC(=O)NC(C)(C)C)S(=O)(=O)c1cccc(C(F)(F)F)c1. The minimum Gasteiger partial charge on any atom is -0.449 e. The van der Waals surface area contributed by atoms with Crippen LogP contribution in [0.3, 0.4) is 0 Å². The van der Waals surface area contributed by atoms with Gasteiger partial charge in [-0.2, -0.15) is 13.2 Å². The van der Waals surface area contributed by atoms with Crippen molar-refractivity contribution in [2.75, 3.05) is 6.61 Å². The van der Waals surface area contributed by atoms with Gasteiger partial charge in [0.1, 0.15) is 0 Å². The molecule has 1 aromatic rings. The van der Waals surface area contributed by atoms with Gasteiger partial charge in [-0.15, -0.1) is 0 Å². The molecule has 5 nitrogen and oxygen atoms in total. The minimum atomic E-state index is -4.64. The smallest absolute Gasteiger partial charge is 0.416 e. The highest BCUT2D eigenvalue weighted by molar-refractivity contribution is 7.92. The summed E-state index contributed by atoms with van der Waals surface area (Å²) in [4.78, 5) is 11.3. The van der Waals surface area contributed by atoms with E-state index in [2.05, 4.69) is 5.32 Å². The molecule has 1 N–H and O–H groups in total. The van der Waals surface area contributed by atoms with E-state index < -0.39 is 42.9 Å². The first kappa shape index (κ1) is 23.3. The van der Waals surface area contributed by atoms with Gasteiger partial charge in [-0.1, -0.05) is 13.0 Å². The van der Waals surface area contributed by atoms with Crippen LogP contribution >= 0.6 is 0 Å². The van der Waals surface area contributed by atoms with Crippen molar-refractivity contribution < 1.29 is 31.1 Å². The minimum absolute atomic E-state index is 0.0420. The maximum atomic E-state index is 12.9. The molecule has 27 heavy (non-hydrogen) atoms. The largest absolute Gasteiger partial charge is 0.449 e. The van der Waals surface area contributed by atoms with Crippen molar-refractivity contribution in [3.63, 3.8) is 0 Å². The zero-order valence-corrected chi connectivity index (χ0v) is 16.9. The number of nitrogens with one attached hydrogen (secondary N) is 1. The van der Waals surface area contributed by atoms with E-state index in [9.17, 15) is 26.4 Å². The predicted molar refractivity (Wildman–Crippen MR) is 96.2 cm³/mol. The second-order valence-electron chi connectivity index (χ2n) is 7.59. The third-order valence-corrected chi connectivity index (χ3v) is 6.87. The third kappa shape index (κ3) is 6.12. The molecule has 0 bridgehead atoms. The van der Waals surface area contributed by atoms with Gasteiger partial charge >= 0.3 is 12.3 Å². The molecular weight excluding hydrogens is 383 g/mol. The summed E-state index contributed by atoms with van der Waals surface area (Å²) in [7, 11) is -4.08. The number of alkyl halides is 3. The highest BCUT2D eigenvalue weighted by Gasteiger charge is 2.40. The summed E-state index contributed by atoms with van der Waals surface area (Å²) in [6.07, 6.45) is -5.21. The van der Waals surface area contributed by atoms with Crippen molar-refractivity contribution in [1.29, 1.82) is 0 Å². The molecule has 9 heteroatoms. The summed E-state index contributed by atoms with van der Waals surface area (Å²) < 4.78 is 68.3. The molecule has 0 heterocycles. The maximum Gasteiger partial charge on any atom is 0.416 e. The van der Waals surface area contributed by atoms with Gasteiger partial charge in [-0.3, -0.25) is 0 Å². The summed E-state index contributed by atoms with van der Waals surface area (Å²) in [6.45, 7) is 8.19. The number of alkyl carbamates (subject to hydrolysis) is 1. The average Bonchev–Trinajstić information content (AvgIpc) is 2.52. The number of hydrogen-bond donors (Lipinski definition) is 1. The number of sulfone groups is 1. The highest BCUT2D eigenvalue weighted by atomic mass is 32.2. The summed E-state index contributed by atoms with van der Waals surface area (Å²) in [5.41, 5.74) is -1.53. The van der Waals surface area contributed by atoms with E-state index in [-0.39, 0.29) is 19.4 Å². The zero-order valence-electron chi connectivity index (χ0n) is 16.1. The molecule has 0 aliphatic carbocycles. The number of hydrogen-bond acceptors (Lipinski definition) is 4. The summed E-state index contributed by atoms with van der Waals surface area (Å²) in [6, 6.07) is 3.67. The fraction of sp³-hybridized carbons (Fsp3) is 0.611. The second kappa shape index (κ2) is 8.08. The predicted octanol–water partition coefficient (Wildman–Crippen LogP) is 4.56. The van der Waals surface area contributed by atoms with Crippen LogP contribution < -0.4 is 5.32 Å². The van der Waals surface area contributed by atoms with Gasteiger partial charge in [-0.25, -0.2) is 13.2 Å². The van der Waals surface area contributed by atoms with Crippen molar-refractivity contribution in [2.24, 2.45) is 0 Å². The number of halogens is 3. The van der Waals surface area contributed by atoms with E-state index in [0.717, 1.165) is 18.2 Å². The first-order valence-electron chi connectivity index (χ1n) is 8.49. The molecule has 1 atom stereocenters. The number of benzene rings is 1. The van der Waals surface area contributed by atoms with Crippen molar-refractivity contribution in [1.82, 2.24) is 5.32 Å². The van der Waals surface area contributed by atoms with Crippen molar-refractivity contribution >= 4 is 15.9 Å². The monoisotopic (exact) mass is 409 g/mol. The fourth-order valence-electron chi connectivity index (χ4n) is 2.33. The van der Waals surface area contributed by atoms with Crippen LogP contribution in [-0.2, 0) is 20.8 Å². The summed E-state index contributed by atoms with van der Waals surface area (Å²) in [5.74, 6) is 0. The standard InChI is InChI=1S/C18H26F3NO4S/c1-6-17(5,10-11-26-15(23)22-16(2,3)4)27(24,25)14-9-7-8-13(12-14)18(19,20)21/h7-9,12H,6,10-11H2,1-5H3,(H,22,23). The molecule has 1 unspecified atom stereocenters. The van der Waals surface area contributed by atoms with Gasteiger partial charge < -0.3 is 10.1 Å². The summed E-state index contributed by atoms with van der Waals surface area (Å²) in [5, 5.41) is 2.58. The molecule has 154 valence electrons. The number of carbonyl (C=O) groups excluding carboxylic acids is 1. The van der Waals surface area contributed by atoms with Crippen LogP contribution in [-0.4, -0.2) is 31.4 Å². The average molecular weight is 409 g/mol. The molecule has 0 fully saturated rings. The van der Waals surface area contributed by atoms with Gasteiger partial charge in [0.2, 0.25) is 0 Å². The zero-order chi connectivity index (χ0) is 21.1. The Morgan fingerprint density at radius 3 is 2.22 bits per heavy atom. The lowest BCUT2D eigenvalue weighted by molar-refractivity contribution is -0.137. The Hall–Kier alpha value is -1.77. The molecule has 0 saturated carbocycles. The molecule has 0 aliphatic heterocycles. The quantitative estimate of drug-likeness (QED) is 0.747. The van der Waals surface area contributed by atoms with E-state index >= 15 is 0 Å².